The van der Waals surface area contributed by atoms with E-state index in [1.54, 1.807) is 12.1 Å². The van der Waals surface area contributed by atoms with E-state index in [1.165, 1.54) is 13.2 Å². The molecule has 0 aliphatic carbocycles. The summed E-state index contributed by atoms with van der Waals surface area (Å²) >= 11 is 0. The molecule has 4 nitrogen and oxygen atoms in total. The highest BCUT2D eigenvalue weighted by molar-refractivity contribution is 5.76. The van der Waals surface area contributed by atoms with Crippen molar-refractivity contribution in [1.29, 1.82) is 5.26 Å². The molecular weight excluding hydrogens is 266 g/mol. The fourth-order valence-electron chi connectivity index (χ4n) is 1.85. The van der Waals surface area contributed by atoms with Gasteiger partial charge in [0.2, 0.25) is 0 Å². The number of nitriles is 1. The smallest absolute Gasteiger partial charge is 0.315 e. The van der Waals surface area contributed by atoms with Crippen LogP contribution in [0.5, 0.6) is 11.5 Å². The lowest BCUT2D eigenvalue weighted by Crippen LogP contribution is -2.12. The first-order valence-electron chi connectivity index (χ1n) is 6.46. The van der Waals surface area contributed by atoms with Crippen molar-refractivity contribution in [3.05, 3.63) is 59.2 Å². The van der Waals surface area contributed by atoms with E-state index < -0.39 is 0 Å². The van der Waals surface area contributed by atoms with Crippen molar-refractivity contribution < 1.29 is 14.3 Å². The summed E-state index contributed by atoms with van der Waals surface area (Å²) in [6.07, 6.45) is 0.184. The second kappa shape index (κ2) is 6.58. The summed E-state index contributed by atoms with van der Waals surface area (Å²) < 4.78 is 10.4. The van der Waals surface area contributed by atoms with Gasteiger partial charge in [-0.3, -0.25) is 4.79 Å². The predicted molar refractivity (Wildman–Crippen MR) is 78.2 cm³/mol. The SMILES string of the molecule is COc1cc(C#N)ccc1OC(=O)Cc1ccc(C)cc1. The van der Waals surface area contributed by atoms with Crippen LogP contribution in [-0.2, 0) is 11.2 Å². The van der Waals surface area contributed by atoms with Crippen LogP contribution in [0.4, 0.5) is 0 Å². The summed E-state index contributed by atoms with van der Waals surface area (Å²) in [5, 5.41) is 8.83. The van der Waals surface area contributed by atoms with E-state index in [0.29, 0.717) is 17.1 Å². The lowest BCUT2D eigenvalue weighted by molar-refractivity contribution is -0.133. The third-order valence-corrected chi connectivity index (χ3v) is 2.99. The van der Waals surface area contributed by atoms with Gasteiger partial charge in [-0.1, -0.05) is 29.8 Å². The molecule has 0 radical (unpaired) electrons. The van der Waals surface area contributed by atoms with Crippen LogP contribution in [0.2, 0.25) is 0 Å². The number of hydrogen-bond acceptors (Lipinski definition) is 4. The van der Waals surface area contributed by atoms with Crippen LogP contribution >= 0.6 is 0 Å². The van der Waals surface area contributed by atoms with Crippen LogP contribution in [0.15, 0.2) is 42.5 Å². The Morgan fingerprint density at radius 2 is 1.86 bits per heavy atom. The molecule has 0 aromatic heterocycles. The maximum absolute atomic E-state index is 11.9. The summed E-state index contributed by atoms with van der Waals surface area (Å²) in [4.78, 5) is 11.9. The van der Waals surface area contributed by atoms with Crippen molar-refractivity contribution >= 4 is 5.97 Å². The monoisotopic (exact) mass is 281 g/mol. The van der Waals surface area contributed by atoms with Crippen LogP contribution in [0.3, 0.4) is 0 Å². The first-order valence-corrected chi connectivity index (χ1v) is 6.46. The Balaban J connectivity index is 2.09. The molecule has 2 aromatic carbocycles. The quantitative estimate of drug-likeness (QED) is 0.638. The molecular formula is C17H15NO3. The van der Waals surface area contributed by atoms with E-state index >= 15 is 0 Å². The molecule has 2 rings (SSSR count). The highest BCUT2D eigenvalue weighted by Crippen LogP contribution is 2.28. The zero-order valence-electron chi connectivity index (χ0n) is 11.9. The lowest BCUT2D eigenvalue weighted by Gasteiger charge is -2.09. The van der Waals surface area contributed by atoms with Crippen LogP contribution in [0.25, 0.3) is 0 Å². The fraction of sp³-hybridized carbons (Fsp3) is 0.176. The minimum Gasteiger partial charge on any atom is -0.493 e. The molecule has 0 aliphatic heterocycles. The number of nitrogens with zero attached hydrogens (tertiary/aromatic N) is 1. The first kappa shape index (κ1) is 14.6. The molecule has 4 heteroatoms. The molecule has 0 atom stereocenters. The van der Waals surface area contributed by atoms with Crippen LogP contribution in [0.1, 0.15) is 16.7 Å². The number of rotatable bonds is 4. The highest BCUT2D eigenvalue weighted by Gasteiger charge is 2.11. The summed E-state index contributed by atoms with van der Waals surface area (Å²) in [6, 6.07) is 14.4. The van der Waals surface area contributed by atoms with Gasteiger partial charge >= 0.3 is 5.97 Å². The Bertz CT molecular complexity index is 684. The minimum absolute atomic E-state index is 0.184. The van der Waals surface area contributed by atoms with Crippen molar-refractivity contribution in [1.82, 2.24) is 0 Å². The molecule has 0 heterocycles. The topological polar surface area (TPSA) is 59.3 Å². The highest BCUT2D eigenvalue weighted by atomic mass is 16.6. The maximum Gasteiger partial charge on any atom is 0.315 e. The molecule has 0 bridgehead atoms. The predicted octanol–water partition coefficient (Wildman–Crippen LogP) is 3.02. The first-order chi connectivity index (χ1) is 10.1. The van der Waals surface area contributed by atoms with Crippen LogP contribution in [0, 0.1) is 18.3 Å². The Morgan fingerprint density at radius 1 is 1.14 bits per heavy atom. The van der Waals surface area contributed by atoms with Crippen LogP contribution in [-0.4, -0.2) is 13.1 Å². The van der Waals surface area contributed by atoms with E-state index in [9.17, 15) is 4.79 Å². The third kappa shape index (κ3) is 3.83. The molecule has 0 unspecified atom stereocenters. The summed E-state index contributed by atoms with van der Waals surface area (Å²) in [7, 11) is 1.47. The van der Waals surface area contributed by atoms with Gasteiger partial charge in [-0.05, 0) is 24.6 Å². The van der Waals surface area contributed by atoms with Gasteiger partial charge in [-0.25, -0.2) is 0 Å². The molecule has 0 spiro atoms. The Labute approximate surface area is 123 Å². The van der Waals surface area contributed by atoms with Crippen molar-refractivity contribution in [2.45, 2.75) is 13.3 Å². The standard InChI is InChI=1S/C17H15NO3/c1-12-3-5-13(6-4-12)10-17(19)21-15-8-7-14(11-18)9-16(15)20-2/h3-9H,10H2,1-2H3. The Kier molecular flexibility index (Phi) is 4.57. The van der Waals surface area contributed by atoms with E-state index in [1.807, 2.05) is 37.3 Å². The maximum atomic E-state index is 11.9. The molecule has 0 N–H and O–H groups in total. The van der Waals surface area contributed by atoms with E-state index in [-0.39, 0.29) is 12.4 Å². The molecule has 0 amide bonds. The largest absolute Gasteiger partial charge is 0.493 e. The number of benzene rings is 2. The molecule has 2 aromatic rings. The van der Waals surface area contributed by atoms with Gasteiger partial charge in [0.05, 0.1) is 25.2 Å². The number of methoxy groups -OCH3 is 1. The number of ether oxygens (including phenoxy) is 2. The molecule has 21 heavy (non-hydrogen) atoms. The number of esters is 1. The Hall–Kier alpha value is -2.80. The number of carbonyl (C=O) groups excluding carboxylic acids is 1. The van der Waals surface area contributed by atoms with E-state index in [2.05, 4.69) is 0 Å². The summed E-state index contributed by atoms with van der Waals surface area (Å²) in [5.74, 6) is 0.307. The second-order valence-corrected chi connectivity index (χ2v) is 4.61. The molecule has 0 aliphatic rings. The average Bonchev–Trinajstić information content (AvgIpc) is 2.50. The molecule has 106 valence electrons. The van der Waals surface area contributed by atoms with Gasteiger partial charge < -0.3 is 9.47 Å². The number of aryl methyl sites for hydroxylation is 1. The minimum atomic E-state index is -0.373. The fourth-order valence-corrected chi connectivity index (χ4v) is 1.85. The van der Waals surface area contributed by atoms with Crippen molar-refractivity contribution in [3.8, 4) is 17.6 Å². The van der Waals surface area contributed by atoms with Crippen molar-refractivity contribution in [2.24, 2.45) is 0 Å². The Morgan fingerprint density at radius 3 is 2.48 bits per heavy atom. The third-order valence-electron chi connectivity index (χ3n) is 2.99. The van der Waals surface area contributed by atoms with Crippen molar-refractivity contribution in [3.63, 3.8) is 0 Å². The summed E-state index contributed by atoms with van der Waals surface area (Å²) in [5.41, 5.74) is 2.48. The van der Waals surface area contributed by atoms with E-state index in [0.717, 1.165) is 11.1 Å². The molecule has 0 fully saturated rings. The number of carbonyl (C=O) groups is 1. The molecule has 0 saturated carbocycles. The van der Waals surface area contributed by atoms with Gasteiger partial charge in [0, 0.05) is 6.07 Å². The van der Waals surface area contributed by atoms with Crippen LogP contribution < -0.4 is 9.47 Å². The number of hydrogen-bond donors (Lipinski definition) is 0. The van der Waals surface area contributed by atoms with Gasteiger partial charge in [-0.2, -0.15) is 5.26 Å². The lowest BCUT2D eigenvalue weighted by atomic mass is 10.1. The van der Waals surface area contributed by atoms with E-state index in [4.69, 9.17) is 14.7 Å². The average molecular weight is 281 g/mol. The zero-order chi connectivity index (χ0) is 15.2. The van der Waals surface area contributed by atoms with Gasteiger partial charge in [-0.15, -0.1) is 0 Å². The van der Waals surface area contributed by atoms with Crippen molar-refractivity contribution in [2.75, 3.05) is 7.11 Å². The molecule has 0 saturated heterocycles. The summed E-state index contributed by atoms with van der Waals surface area (Å²) in [6.45, 7) is 1.99. The normalized spacial score (nSPS) is 9.76. The zero-order valence-corrected chi connectivity index (χ0v) is 11.9. The van der Waals surface area contributed by atoms with Gasteiger partial charge in [0.25, 0.3) is 0 Å². The van der Waals surface area contributed by atoms with Gasteiger partial charge in [0.15, 0.2) is 11.5 Å². The second-order valence-electron chi connectivity index (χ2n) is 4.61. The van der Waals surface area contributed by atoms with Gasteiger partial charge in [0.1, 0.15) is 0 Å².